The summed E-state index contributed by atoms with van der Waals surface area (Å²) in [6.07, 6.45) is 6.08. The van der Waals surface area contributed by atoms with Crippen molar-refractivity contribution in [1.29, 1.82) is 0 Å². The minimum absolute atomic E-state index is 0. The first-order valence-corrected chi connectivity index (χ1v) is 19.4. The van der Waals surface area contributed by atoms with E-state index in [1.54, 1.807) is 39.5 Å². The zero-order valence-corrected chi connectivity index (χ0v) is 35.4. The minimum Gasteiger partial charge on any atom is -0.510 e. The van der Waals surface area contributed by atoms with Crippen molar-refractivity contribution in [2.75, 3.05) is 0 Å². The number of fused-ring (bicyclic) bond motifs is 4. The van der Waals surface area contributed by atoms with E-state index in [4.69, 9.17) is 23.4 Å². The first kappa shape index (κ1) is 28.8. The average Bonchev–Trinajstić information content (AvgIpc) is 3.89. The minimum atomic E-state index is -0.570. The van der Waals surface area contributed by atoms with E-state index in [9.17, 15) is 0 Å². The van der Waals surface area contributed by atoms with Crippen LogP contribution in [0.1, 0.15) is 52.5 Å². The van der Waals surface area contributed by atoms with Crippen LogP contribution in [0.5, 0.6) is 11.5 Å². The molecule has 0 radical (unpaired) electrons. The largest absolute Gasteiger partial charge is 0.510 e. The molecule has 60 heavy (non-hydrogen) atoms. The zero-order chi connectivity index (χ0) is 48.8. The number of para-hydroxylation sites is 3. The summed E-state index contributed by atoms with van der Waals surface area (Å²) < 4.78 is 98.9. The number of aromatic nitrogens is 4. The molecular weight excluding hydrogens is 916 g/mol. The second kappa shape index (κ2) is 15.9. The normalized spacial score (nSPS) is 13.9. The van der Waals surface area contributed by atoms with Gasteiger partial charge in [0.05, 0.1) is 30.4 Å². The fourth-order valence-electron chi connectivity index (χ4n) is 7.60. The van der Waals surface area contributed by atoms with Gasteiger partial charge in [0.25, 0.3) is 6.33 Å². The van der Waals surface area contributed by atoms with E-state index >= 15 is 0 Å². The van der Waals surface area contributed by atoms with Crippen molar-refractivity contribution >= 4 is 32.8 Å². The Balaban J connectivity index is 0.00000608. The predicted molar refractivity (Wildman–Crippen MR) is 239 cm³/mol. The van der Waals surface area contributed by atoms with Crippen molar-refractivity contribution < 1.29 is 44.1 Å². The second-order valence-electron chi connectivity index (χ2n) is 15.2. The van der Waals surface area contributed by atoms with E-state index in [0.29, 0.717) is 28.2 Å². The summed E-state index contributed by atoms with van der Waals surface area (Å²) in [6.45, 7) is 8.70. The van der Waals surface area contributed by atoms with E-state index in [1.165, 1.54) is 5.56 Å². The van der Waals surface area contributed by atoms with Gasteiger partial charge >= 0.3 is 0 Å². The Labute approximate surface area is 379 Å². The van der Waals surface area contributed by atoms with Gasteiger partial charge in [-0.2, -0.15) is 18.2 Å². The third-order valence-corrected chi connectivity index (χ3v) is 10.5. The second-order valence-corrected chi connectivity index (χ2v) is 15.2. The van der Waals surface area contributed by atoms with Crippen LogP contribution in [0, 0.1) is 18.5 Å². The van der Waals surface area contributed by atoms with Gasteiger partial charge in [-0.3, -0.25) is 4.57 Å². The molecule has 7 aromatic carbocycles. The molecule has 10 aromatic rings. The Bertz CT molecular complexity index is 3620. The standard InChI is InChI=1S/C54H42N4O.Pt/c1-5-37-30-31-55-52(32-37)58-48-29-26-40(54(2,3)4)33-47(48)46-28-27-43(35-51(46)58)59-42-21-14-20-41(34-42)56-36-57(50-25-13-12-24-49(50)56)53-44(38-16-8-6-9-17-38)22-15-23-45(53)39-18-10-7-11-19-39;/h6-33H,5H2,1-4H3;/q-2;/i6D,7D,8D,9D,10D,11D,16D,17D,18D,19D;. The maximum atomic E-state index is 9.00. The molecule has 0 amide bonds. The van der Waals surface area contributed by atoms with Crippen molar-refractivity contribution in [2.24, 2.45) is 0 Å². The van der Waals surface area contributed by atoms with Gasteiger partial charge in [0.1, 0.15) is 5.82 Å². The van der Waals surface area contributed by atoms with Crippen LogP contribution in [-0.2, 0) is 32.9 Å². The quantitative estimate of drug-likeness (QED) is 0.112. The van der Waals surface area contributed by atoms with Crippen LogP contribution in [0.4, 0.5) is 0 Å². The summed E-state index contributed by atoms with van der Waals surface area (Å²) >= 11 is 0. The predicted octanol–water partition coefficient (Wildman–Crippen LogP) is 12.8. The van der Waals surface area contributed by atoms with Gasteiger partial charge in [-0.15, -0.1) is 29.7 Å². The van der Waals surface area contributed by atoms with Crippen molar-refractivity contribution in [1.82, 2.24) is 14.1 Å². The van der Waals surface area contributed by atoms with Crippen LogP contribution < -0.4 is 9.30 Å². The smallest absolute Gasteiger partial charge is 0.268 e. The molecule has 5 nitrogen and oxygen atoms in total. The number of ether oxygens (including phenoxy) is 1. The molecule has 0 spiro atoms. The number of hydrogen-bond acceptors (Lipinski definition) is 2. The zero-order valence-electron chi connectivity index (χ0n) is 43.1. The van der Waals surface area contributed by atoms with Crippen LogP contribution in [0.3, 0.4) is 0 Å². The average molecular weight is 968 g/mol. The van der Waals surface area contributed by atoms with Gasteiger partial charge < -0.3 is 13.9 Å². The molecule has 0 aliphatic carbocycles. The number of aryl methyl sites for hydroxylation is 1. The Hall–Kier alpha value is -6.55. The Kier molecular flexibility index (Phi) is 7.63. The molecule has 296 valence electrons. The third-order valence-electron chi connectivity index (χ3n) is 10.5. The molecule has 0 atom stereocenters. The summed E-state index contributed by atoms with van der Waals surface area (Å²) in [5, 5.41) is 2.07. The van der Waals surface area contributed by atoms with Gasteiger partial charge in [0.15, 0.2) is 0 Å². The van der Waals surface area contributed by atoms with Gasteiger partial charge in [0.2, 0.25) is 0 Å². The fraction of sp³-hybridized carbons (Fsp3) is 0.111. The van der Waals surface area contributed by atoms with Gasteiger partial charge in [-0.1, -0.05) is 148 Å². The van der Waals surface area contributed by atoms with Crippen LogP contribution in [0.15, 0.2) is 170 Å². The van der Waals surface area contributed by atoms with Crippen molar-refractivity contribution in [3.8, 4) is 50.9 Å². The number of imidazole rings is 1. The third kappa shape index (κ3) is 7.03. The molecule has 0 fully saturated rings. The summed E-state index contributed by atoms with van der Waals surface area (Å²) in [7, 11) is 0. The molecule has 0 N–H and O–H groups in total. The summed E-state index contributed by atoms with van der Waals surface area (Å²) in [4.78, 5) is 4.80. The molecule has 0 bridgehead atoms. The van der Waals surface area contributed by atoms with Gasteiger partial charge in [0, 0.05) is 44.3 Å². The molecule has 0 saturated heterocycles. The number of hydrogen-bond donors (Lipinski definition) is 0. The number of pyridine rings is 1. The number of nitrogens with zero attached hydrogens (tertiary/aromatic N) is 4. The van der Waals surface area contributed by atoms with Gasteiger partial charge in [-0.05, 0) is 74.5 Å². The first-order valence-electron chi connectivity index (χ1n) is 24.4. The number of benzene rings is 7. The Morgan fingerprint density at radius 2 is 1.40 bits per heavy atom. The summed E-state index contributed by atoms with van der Waals surface area (Å²) in [6, 6.07) is 33.7. The molecule has 6 heteroatoms. The van der Waals surface area contributed by atoms with E-state index in [1.807, 2.05) is 54.7 Å². The monoisotopic (exact) mass is 967 g/mol. The van der Waals surface area contributed by atoms with Gasteiger partial charge in [-0.25, -0.2) is 4.98 Å². The molecule has 0 aliphatic heterocycles. The molecule has 0 unspecified atom stereocenters. The first-order chi connectivity index (χ1) is 33.0. The molecule has 3 aromatic heterocycles. The van der Waals surface area contributed by atoms with Crippen LogP contribution in [0.25, 0.3) is 72.3 Å². The maximum absolute atomic E-state index is 9.00. The van der Waals surface area contributed by atoms with Crippen LogP contribution >= 0.6 is 0 Å². The molecular formula is C54H42N4OPt-2. The molecule has 3 heterocycles. The molecule has 0 saturated carbocycles. The molecule has 10 rings (SSSR count). The summed E-state index contributed by atoms with van der Waals surface area (Å²) in [5.74, 6) is 1.57. The maximum Gasteiger partial charge on any atom is 0.268 e. The van der Waals surface area contributed by atoms with Crippen molar-refractivity contribution in [3.05, 3.63) is 199 Å². The van der Waals surface area contributed by atoms with Crippen molar-refractivity contribution in [2.45, 2.75) is 39.5 Å². The summed E-state index contributed by atoms with van der Waals surface area (Å²) in [5.41, 5.74) is 5.91. The fourth-order valence-corrected chi connectivity index (χ4v) is 7.60. The van der Waals surface area contributed by atoms with Crippen LogP contribution in [-0.4, -0.2) is 14.1 Å². The van der Waals surface area contributed by atoms with E-state index in [2.05, 4.69) is 75.0 Å². The van der Waals surface area contributed by atoms with Crippen LogP contribution in [0.2, 0.25) is 0 Å². The van der Waals surface area contributed by atoms with E-state index < -0.39 is 60.4 Å². The topological polar surface area (TPSA) is 35.9 Å². The Morgan fingerprint density at radius 1 is 0.700 bits per heavy atom. The molecule has 0 aliphatic rings. The number of rotatable bonds is 8. The SMILES string of the molecule is [2H]c1c([2H])c([2H])c(-c2cccc(-c3c([2H])c([2H])c([2H])c([2H])c3[2H])c2-[n+]2[c-]n(-c3[c-]c(Oc4[c-]c5c(cc4)c4cc(C(C)(C)C)ccc4n5-c4cc(CC)ccn4)ccc3)c3ccccc32)c([2H])c1[2H].[Pt]. The Morgan fingerprint density at radius 3 is 2.12 bits per heavy atom. The van der Waals surface area contributed by atoms with Crippen molar-refractivity contribution in [3.63, 3.8) is 0 Å². The van der Waals surface area contributed by atoms with E-state index in [0.717, 1.165) is 39.6 Å². The van der Waals surface area contributed by atoms with E-state index in [-0.39, 0.29) is 54.4 Å².